The normalized spacial score (nSPS) is 14.8. The molecule has 0 heterocycles. The van der Waals surface area contributed by atoms with E-state index < -0.39 is 10.8 Å². The summed E-state index contributed by atoms with van der Waals surface area (Å²) in [5, 5.41) is 2.74. The first kappa shape index (κ1) is 13.6. The number of hydrogen-bond donors (Lipinski definition) is 2. The Morgan fingerprint density at radius 1 is 1.57 bits per heavy atom. The molecule has 0 aliphatic heterocycles. The van der Waals surface area contributed by atoms with Gasteiger partial charge in [-0.25, -0.2) is 0 Å². The van der Waals surface area contributed by atoms with Crippen LogP contribution in [-0.2, 0) is 15.6 Å². The van der Waals surface area contributed by atoms with Crippen molar-refractivity contribution < 1.29 is 9.00 Å². The molecule has 3 N–H and O–H groups in total. The lowest BCUT2D eigenvalue weighted by Gasteiger charge is -2.10. The van der Waals surface area contributed by atoms with Crippen LogP contribution < -0.4 is 11.1 Å². The van der Waals surface area contributed by atoms with Gasteiger partial charge in [0.2, 0.25) is 5.91 Å². The molecule has 0 saturated heterocycles. The molecular formula is C9H20N2O2S. The van der Waals surface area contributed by atoms with E-state index in [2.05, 4.69) is 5.32 Å². The van der Waals surface area contributed by atoms with Gasteiger partial charge in [0.15, 0.2) is 0 Å². The van der Waals surface area contributed by atoms with E-state index in [0.717, 1.165) is 0 Å². The van der Waals surface area contributed by atoms with Crippen molar-refractivity contribution in [1.82, 2.24) is 5.32 Å². The second kappa shape index (κ2) is 7.94. The largest absolute Gasteiger partial charge is 0.355 e. The second-order valence-corrected chi connectivity index (χ2v) is 5.07. The highest BCUT2D eigenvalue weighted by Crippen LogP contribution is 1.98. The minimum absolute atomic E-state index is 0.00329. The molecule has 0 fully saturated rings. The fourth-order valence-electron chi connectivity index (χ4n) is 0.988. The predicted molar refractivity (Wildman–Crippen MR) is 59.4 cm³/mol. The van der Waals surface area contributed by atoms with Gasteiger partial charge in [0.05, 0.1) is 0 Å². The highest BCUT2D eigenvalue weighted by molar-refractivity contribution is 7.84. The third-order valence-electron chi connectivity index (χ3n) is 2.00. The molecule has 0 radical (unpaired) electrons. The Kier molecular flexibility index (Phi) is 7.70. The molecule has 0 aromatic rings. The summed E-state index contributed by atoms with van der Waals surface area (Å²) in [4.78, 5) is 11.3. The molecule has 0 rings (SSSR count). The minimum Gasteiger partial charge on any atom is -0.355 e. The third-order valence-corrected chi connectivity index (χ3v) is 3.30. The van der Waals surface area contributed by atoms with E-state index in [-0.39, 0.29) is 11.8 Å². The first-order valence-electron chi connectivity index (χ1n) is 4.94. The van der Waals surface area contributed by atoms with Crippen molar-refractivity contribution in [3.63, 3.8) is 0 Å². The average Bonchev–Trinajstić information content (AvgIpc) is 2.17. The van der Waals surface area contributed by atoms with Gasteiger partial charge < -0.3 is 11.1 Å². The summed E-state index contributed by atoms with van der Waals surface area (Å²) in [5.74, 6) is 1.14. The van der Waals surface area contributed by atoms with Crippen molar-refractivity contribution >= 4 is 16.7 Å². The fraction of sp³-hybridized carbons (Fsp3) is 0.889. The summed E-state index contributed by atoms with van der Waals surface area (Å²) in [5.41, 5.74) is 5.34. The Morgan fingerprint density at radius 2 is 2.21 bits per heavy atom. The van der Waals surface area contributed by atoms with Crippen molar-refractivity contribution in [3.05, 3.63) is 0 Å². The number of carbonyl (C=O) groups excluding carboxylic acids is 1. The van der Waals surface area contributed by atoms with Crippen LogP contribution in [0.1, 0.15) is 20.3 Å². The molecule has 0 aliphatic rings. The Bertz CT molecular complexity index is 197. The molecule has 84 valence electrons. The minimum atomic E-state index is -0.800. The van der Waals surface area contributed by atoms with Crippen LogP contribution in [0.4, 0.5) is 0 Å². The van der Waals surface area contributed by atoms with Crippen molar-refractivity contribution in [3.8, 4) is 0 Å². The van der Waals surface area contributed by atoms with E-state index >= 15 is 0 Å². The SMILES string of the molecule is CCS(=O)CCNC(=O)C(C)CCN. The van der Waals surface area contributed by atoms with E-state index in [1.165, 1.54) is 0 Å². The van der Waals surface area contributed by atoms with Gasteiger partial charge >= 0.3 is 0 Å². The summed E-state index contributed by atoms with van der Waals surface area (Å²) in [6.07, 6.45) is 0.697. The van der Waals surface area contributed by atoms with Gasteiger partial charge in [0, 0.05) is 34.8 Å². The second-order valence-electron chi connectivity index (χ2n) is 3.20. The number of rotatable bonds is 7. The Hall–Kier alpha value is -0.420. The molecule has 4 nitrogen and oxygen atoms in total. The van der Waals surface area contributed by atoms with Gasteiger partial charge in [-0.3, -0.25) is 9.00 Å². The lowest BCUT2D eigenvalue weighted by molar-refractivity contribution is -0.124. The van der Waals surface area contributed by atoms with Crippen molar-refractivity contribution in [2.45, 2.75) is 20.3 Å². The quantitative estimate of drug-likeness (QED) is 0.627. The van der Waals surface area contributed by atoms with Gasteiger partial charge in [0.1, 0.15) is 0 Å². The highest BCUT2D eigenvalue weighted by Gasteiger charge is 2.10. The number of nitrogens with two attached hydrogens (primary N) is 1. The van der Waals surface area contributed by atoms with Gasteiger partial charge in [-0.2, -0.15) is 0 Å². The van der Waals surface area contributed by atoms with Crippen LogP contribution in [-0.4, -0.2) is 34.7 Å². The standard InChI is InChI=1S/C9H20N2O2S/c1-3-14(13)7-6-11-9(12)8(2)4-5-10/h8H,3-7,10H2,1-2H3,(H,11,12). The van der Waals surface area contributed by atoms with E-state index in [1.807, 2.05) is 13.8 Å². The van der Waals surface area contributed by atoms with Gasteiger partial charge in [-0.1, -0.05) is 13.8 Å². The molecule has 0 aliphatic carbocycles. The van der Waals surface area contributed by atoms with Crippen LogP contribution in [0, 0.1) is 5.92 Å². The van der Waals surface area contributed by atoms with Crippen molar-refractivity contribution in [2.75, 3.05) is 24.6 Å². The van der Waals surface area contributed by atoms with E-state index in [1.54, 1.807) is 0 Å². The lowest BCUT2D eigenvalue weighted by Crippen LogP contribution is -2.33. The first-order chi connectivity index (χ1) is 6.61. The van der Waals surface area contributed by atoms with E-state index in [4.69, 9.17) is 5.73 Å². The van der Waals surface area contributed by atoms with E-state index in [9.17, 15) is 9.00 Å². The Labute approximate surface area is 88.1 Å². The zero-order valence-corrected chi connectivity index (χ0v) is 9.73. The highest BCUT2D eigenvalue weighted by atomic mass is 32.2. The Morgan fingerprint density at radius 3 is 2.71 bits per heavy atom. The van der Waals surface area contributed by atoms with Gasteiger partial charge in [0.25, 0.3) is 0 Å². The molecule has 0 bridgehead atoms. The molecule has 0 aromatic heterocycles. The molecule has 1 amide bonds. The van der Waals surface area contributed by atoms with E-state index in [0.29, 0.717) is 31.0 Å². The fourth-order valence-corrected chi connectivity index (χ4v) is 1.61. The molecule has 0 spiro atoms. The van der Waals surface area contributed by atoms with Crippen molar-refractivity contribution in [2.24, 2.45) is 11.7 Å². The topological polar surface area (TPSA) is 72.2 Å². The van der Waals surface area contributed by atoms with Crippen LogP contribution in [0.2, 0.25) is 0 Å². The zero-order valence-electron chi connectivity index (χ0n) is 8.91. The van der Waals surface area contributed by atoms with Crippen LogP contribution in [0.15, 0.2) is 0 Å². The first-order valence-corrected chi connectivity index (χ1v) is 6.43. The maximum absolute atomic E-state index is 11.3. The maximum Gasteiger partial charge on any atom is 0.222 e. The zero-order chi connectivity index (χ0) is 11.0. The monoisotopic (exact) mass is 220 g/mol. The Balaban J connectivity index is 3.58. The molecule has 14 heavy (non-hydrogen) atoms. The molecule has 2 unspecified atom stereocenters. The number of carbonyl (C=O) groups is 1. The molecular weight excluding hydrogens is 200 g/mol. The molecule has 0 aromatic carbocycles. The van der Waals surface area contributed by atoms with Crippen molar-refractivity contribution in [1.29, 1.82) is 0 Å². The number of hydrogen-bond acceptors (Lipinski definition) is 3. The van der Waals surface area contributed by atoms with Crippen LogP contribution in [0.5, 0.6) is 0 Å². The third kappa shape index (κ3) is 6.10. The van der Waals surface area contributed by atoms with Gasteiger partial charge in [-0.15, -0.1) is 0 Å². The summed E-state index contributed by atoms with van der Waals surface area (Å²) in [6.45, 7) is 4.73. The maximum atomic E-state index is 11.3. The summed E-state index contributed by atoms with van der Waals surface area (Å²) in [6, 6.07) is 0. The number of amides is 1. The average molecular weight is 220 g/mol. The summed E-state index contributed by atoms with van der Waals surface area (Å²) in [7, 11) is -0.800. The molecule has 5 heteroatoms. The summed E-state index contributed by atoms with van der Waals surface area (Å²) >= 11 is 0. The molecule has 0 saturated carbocycles. The van der Waals surface area contributed by atoms with Gasteiger partial charge in [-0.05, 0) is 13.0 Å². The molecule has 2 atom stereocenters. The van der Waals surface area contributed by atoms with Crippen LogP contribution in [0.25, 0.3) is 0 Å². The lowest BCUT2D eigenvalue weighted by atomic mass is 10.1. The number of nitrogens with one attached hydrogen (secondary N) is 1. The van der Waals surface area contributed by atoms with Crippen LogP contribution >= 0.6 is 0 Å². The predicted octanol–water partition coefficient (Wildman–Crippen LogP) is -0.144. The van der Waals surface area contributed by atoms with Crippen LogP contribution in [0.3, 0.4) is 0 Å². The summed E-state index contributed by atoms with van der Waals surface area (Å²) < 4.78 is 11.0. The smallest absolute Gasteiger partial charge is 0.222 e.